The molecule has 1 fully saturated rings. The second-order valence-electron chi connectivity index (χ2n) is 8.17. The smallest absolute Gasteiger partial charge is 0.322 e. The molecule has 1 atom stereocenters. The highest BCUT2D eigenvalue weighted by Gasteiger charge is 2.45. The zero-order valence-corrected chi connectivity index (χ0v) is 19.8. The van der Waals surface area contributed by atoms with Crippen molar-refractivity contribution in [1.82, 2.24) is 20.4 Å². The molecule has 8 heteroatoms. The molecule has 1 saturated heterocycles. The van der Waals surface area contributed by atoms with E-state index in [0.717, 1.165) is 16.9 Å². The number of hydrogen-bond acceptors (Lipinski definition) is 5. The molecular weight excluding hydrogens is 408 g/mol. The van der Waals surface area contributed by atoms with Crippen molar-refractivity contribution in [3.05, 3.63) is 41.1 Å². The van der Waals surface area contributed by atoms with Gasteiger partial charge in [0.05, 0.1) is 12.7 Å². The minimum absolute atomic E-state index is 0.0777. The lowest BCUT2D eigenvalue weighted by Crippen LogP contribution is -2.46. The van der Waals surface area contributed by atoms with Crippen LogP contribution in [0.1, 0.15) is 50.0 Å². The molecule has 0 unspecified atom stereocenters. The van der Waals surface area contributed by atoms with Gasteiger partial charge in [0, 0.05) is 44.9 Å². The molecular formula is C24H32N4O4. The van der Waals surface area contributed by atoms with E-state index in [-0.39, 0.29) is 17.9 Å². The van der Waals surface area contributed by atoms with Crippen molar-refractivity contribution in [2.24, 2.45) is 0 Å². The Kier molecular flexibility index (Phi) is 7.92. The van der Waals surface area contributed by atoms with Crippen LogP contribution >= 0.6 is 0 Å². The van der Waals surface area contributed by atoms with Crippen molar-refractivity contribution in [1.29, 1.82) is 0 Å². The number of rotatable bonds is 4. The molecule has 8 nitrogen and oxygen atoms in total. The van der Waals surface area contributed by atoms with Crippen LogP contribution in [-0.4, -0.2) is 60.4 Å². The number of ether oxygens (including phenoxy) is 1. The Morgan fingerprint density at radius 2 is 2.03 bits per heavy atom. The zero-order valence-electron chi connectivity index (χ0n) is 19.8. The van der Waals surface area contributed by atoms with Crippen LogP contribution in [0.15, 0.2) is 30.0 Å². The summed E-state index contributed by atoms with van der Waals surface area (Å²) in [7, 11) is 5.32. The Balaban J connectivity index is 0.000000242. The van der Waals surface area contributed by atoms with Crippen LogP contribution in [0.5, 0.6) is 5.75 Å². The van der Waals surface area contributed by atoms with E-state index in [0.29, 0.717) is 18.5 Å². The number of hydrogen-bond donors (Lipinski definition) is 2. The van der Waals surface area contributed by atoms with Crippen LogP contribution < -0.4 is 15.4 Å². The molecule has 2 heterocycles. The minimum Gasteiger partial charge on any atom is -0.497 e. The predicted molar refractivity (Wildman–Crippen MR) is 123 cm³/mol. The lowest BCUT2D eigenvalue weighted by atomic mass is 9.92. The van der Waals surface area contributed by atoms with Gasteiger partial charge < -0.3 is 19.9 Å². The molecule has 0 aromatic heterocycles. The number of benzene rings is 1. The van der Waals surface area contributed by atoms with E-state index in [4.69, 9.17) is 4.74 Å². The third kappa shape index (κ3) is 5.41. The van der Waals surface area contributed by atoms with Gasteiger partial charge in [-0.3, -0.25) is 14.9 Å². The van der Waals surface area contributed by atoms with E-state index in [1.165, 1.54) is 0 Å². The monoisotopic (exact) mass is 440 g/mol. The Hall–Kier alpha value is -3.47. The second-order valence-corrected chi connectivity index (χ2v) is 8.17. The average molecular weight is 441 g/mol. The fourth-order valence-electron chi connectivity index (χ4n) is 3.11. The number of methoxy groups -OCH3 is 1. The Morgan fingerprint density at radius 1 is 1.34 bits per heavy atom. The fraction of sp³-hybridized carbons (Fsp3) is 0.458. The lowest BCUT2D eigenvalue weighted by Gasteiger charge is -2.25. The first kappa shape index (κ1) is 24.8. The first-order chi connectivity index (χ1) is 15.0. The van der Waals surface area contributed by atoms with Crippen LogP contribution in [0.2, 0.25) is 0 Å². The summed E-state index contributed by atoms with van der Waals surface area (Å²) >= 11 is 0. The highest BCUT2D eigenvalue weighted by Crippen LogP contribution is 2.25. The number of nitrogens with one attached hydrogen (secondary N) is 2. The first-order valence-electron chi connectivity index (χ1n) is 10.5. The van der Waals surface area contributed by atoms with Crippen molar-refractivity contribution in [3.8, 4) is 17.6 Å². The number of carbonyl (C=O) groups excluding carboxylic acids is 3. The van der Waals surface area contributed by atoms with Crippen LogP contribution in [-0.2, 0) is 11.3 Å². The van der Waals surface area contributed by atoms with E-state index >= 15 is 0 Å². The molecule has 2 N–H and O–H groups in total. The highest BCUT2D eigenvalue weighted by atomic mass is 16.5. The van der Waals surface area contributed by atoms with Crippen LogP contribution in [0.25, 0.3) is 0 Å². The molecule has 0 bridgehead atoms. The molecule has 0 radical (unpaired) electrons. The van der Waals surface area contributed by atoms with Gasteiger partial charge in [-0.05, 0) is 38.5 Å². The van der Waals surface area contributed by atoms with Crippen molar-refractivity contribution < 1.29 is 19.1 Å². The van der Waals surface area contributed by atoms with Gasteiger partial charge in [-0.1, -0.05) is 24.8 Å². The van der Waals surface area contributed by atoms with E-state index in [1.807, 2.05) is 51.1 Å². The average Bonchev–Trinajstić information content (AvgIpc) is 3.18. The lowest BCUT2D eigenvalue weighted by molar-refractivity contribution is -0.122. The van der Waals surface area contributed by atoms with E-state index < -0.39 is 11.6 Å². The maximum absolute atomic E-state index is 11.9. The van der Waals surface area contributed by atoms with Crippen molar-refractivity contribution in [3.63, 3.8) is 0 Å². The number of amides is 4. The van der Waals surface area contributed by atoms with Crippen molar-refractivity contribution >= 4 is 17.8 Å². The van der Waals surface area contributed by atoms with Crippen LogP contribution in [0.4, 0.5) is 4.79 Å². The number of imide groups is 1. The number of carbonyl (C=O) groups is 3. The molecule has 172 valence electrons. The number of nitrogens with zero attached hydrogens (tertiary/aromatic N) is 2. The summed E-state index contributed by atoms with van der Waals surface area (Å²) in [5, 5.41) is 4.89. The molecule has 2 aliphatic heterocycles. The summed E-state index contributed by atoms with van der Waals surface area (Å²) < 4.78 is 5.05. The van der Waals surface area contributed by atoms with Gasteiger partial charge in [0.2, 0.25) is 0 Å². The van der Waals surface area contributed by atoms with Gasteiger partial charge in [0.25, 0.3) is 11.8 Å². The summed E-state index contributed by atoms with van der Waals surface area (Å²) in [5.74, 6) is 6.38. The van der Waals surface area contributed by atoms with E-state index in [1.54, 1.807) is 32.0 Å². The summed E-state index contributed by atoms with van der Waals surface area (Å²) in [5.41, 5.74) is 1.34. The topological polar surface area (TPSA) is 91.0 Å². The largest absolute Gasteiger partial charge is 0.497 e. The number of fused-ring (bicyclic) bond motifs is 1. The van der Waals surface area contributed by atoms with E-state index in [9.17, 15) is 14.4 Å². The summed E-state index contributed by atoms with van der Waals surface area (Å²) in [4.78, 5) is 38.5. The fourth-order valence-corrected chi connectivity index (χ4v) is 3.11. The Labute approximate surface area is 190 Å². The quantitative estimate of drug-likeness (QED) is 0.555. The molecule has 4 amide bonds. The first-order valence-corrected chi connectivity index (χ1v) is 10.5. The minimum atomic E-state index is -1.09. The third-order valence-electron chi connectivity index (χ3n) is 5.43. The van der Waals surface area contributed by atoms with Crippen molar-refractivity contribution in [2.45, 2.75) is 52.2 Å². The second kappa shape index (κ2) is 10.2. The van der Waals surface area contributed by atoms with Crippen molar-refractivity contribution in [2.75, 3.05) is 21.2 Å². The molecule has 0 spiro atoms. The Morgan fingerprint density at radius 3 is 2.56 bits per heavy atom. The molecule has 32 heavy (non-hydrogen) atoms. The van der Waals surface area contributed by atoms with Gasteiger partial charge >= 0.3 is 6.03 Å². The normalized spacial score (nSPS) is 19.4. The molecule has 0 aliphatic carbocycles. The van der Waals surface area contributed by atoms with Gasteiger partial charge in [-0.2, -0.15) is 0 Å². The molecule has 1 aromatic rings. The Bertz CT molecular complexity index is 989. The van der Waals surface area contributed by atoms with Gasteiger partial charge in [-0.15, -0.1) is 0 Å². The van der Waals surface area contributed by atoms with Gasteiger partial charge in [0.1, 0.15) is 5.75 Å². The molecule has 3 rings (SSSR count). The summed E-state index contributed by atoms with van der Waals surface area (Å²) in [6.07, 6.45) is 2.51. The van der Waals surface area contributed by atoms with Crippen LogP contribution in [0.3, 0.4) is 0 Å². The zero-order chi connectivity index (χ0) is 24.1. The molecule has 2 aliphatic rings. The van der Waals surface area contributed by atoms with Crippen LogP contribution in [0, 0.1) is 11.8 Å². The van der Waals surface area contributed by atoms with Gasteiger partial charge in [-0.25, -0.2) is 4.79 Å². The molecule has 1 aromatic carbocycles. The molecule has 0 saturated carbocycles. The highest BCUT2D eigenvalue weighted by molar-refractivity contribution is 6.09. The SMILES string of the molecule is CCC#C/C(=C\N(C)C(C)C)[C@]1(C)NC(=O)NC1=O.COc1ccc2c(c1)C(=O)N(C)C2. The number of urea groups is 1. The maximum Gasteiger partial charge on any atom is 0.322 e. The maximum atomic E-state index is 11.9. The summed E-state index contributed by atoms with van der Waals surface area (Å²) in [6.45, 7) is 8.39. The third-order valence-corrected chi connectivity index (χ3v) is 5.43. The standard InChI is InChI=1S/C14H21N3O2.C10H11NO2/c1-6-7-8-11(9-17(5)10(2)3)14(4)12(18)15-13(19)16-14;1-11-6-7-3-4-8(13-2)5-9(7)10(11)12/h9-10H,6H2,1-5H3,(H2,15,16,18,19);3-5H,6H2,1-2H3/b11-9+;/t14-;/m0./s1. The van der Waals surface area contributed by atoms with E-state index in [2.05, 4.69) is 22.5 Å². The summed E-state index contributed by atoms with van der Waals surface area (Å²) in [6, 6.07) is 5.41. The van der Waals surface area contributed by atoms with Gasteiger partial charge in [0.15, 0.2) is 5.54 Å². The predicted octanol–water partition coefficient (Wildman–Crippen LogP) is 2.50.